The second-order valence-electron chi connectivity index (χ2n) is 5.19. The summed E-state index contributed by atoms with van der Waals surface area (Å²) in [5, 5.41) is 0. The predicted molar refractivity (Wildman–Crippen MR) is 82.5 cm³/mol. The first-order valence-corrected chi connectivity index (χ1v) is 6.78. The van der Waals surface area contributed by atoms with Crippen LogP contribution in [0.15, 0.2) is 42.5 Å². The second kappa shape index (κ2) is 6.06. The molecular weight excluding hydrogens is 251 g/mol. The topological polar surface area (TPSA) is 29.3 Å². The Kier molecular flexibility index (Phi) is 4.40. The molecule has 0 saturated carbocycles. The molecule has 0 aromatic heterocycles. The number of anilines is 1. The lowest BCUT2D eigenvalue weighted by atomic mass is 10.00. The molecule has 2 aromatic carbocycles. The van der Waals surface area contributed by atoms with Gasteiger partial charge in [-0.1, -0.05) is 24.3 Å². The molecule has 0 amide bonds. The molecule has 3 heteroatoms. The van der Waals surface area contributed by atoms with E-state index in [-0.39, 0.29) is 11.9 Å². The van der Waals surface area contributed by atoms with Gasteiger partial charge in [0.1, 0.15) is 5.82 Å². The molecule has 1 unspecified atom stereocenters. The molecular formula is C17H21FN2. The van der Waals surface area contributed by atoms with Gasteiger partial charge in [0.05, 0.1) is 6.04 Å². The van der Waals surface area contributed by atoms with Gasteiger partial charge in [0.15, 0.2) is 0 Å². The predicted octanol–water partition coefficient (Wildman–Crippen LogP) is 3.58. The van der Waals surface area contributed by atoms with E-state index in [9.17, 15) is 4.39 Å². The summed E-state index contributed by atoms with van der Waals surface area (Å²) in [5.41, 5.74) is 10.4. The molecule has 0 saturated heterocycles. The number of likely N-dealkylation sites (N-methyl/N-ethyl adjacent to an activating group) is 1. The number of hydrogen-bond acceptors (Lipinski definition) is 2. The first-order valence-electron chi connectivity index (χ1n) is 6.78. The van der Waals surface area contributed by atoms with E-state index in [1.807, 2.05) is 18.0 Å². The zero-order valence-electron chi connectivity index (χ0n) is 12.2. The Morgan fingerprint density at radius 2 is 1.85 bits per heavy atom. The van der Waals surface area contributed by atoms with Gasteiger partial charge >= 0.3 is 0 Å². The van der Waals surface area contributed by atoms with Crippen LogP contribution in [0, 0.1) is 19.7 Å². The highest BCUT2D eigenvalue weighted by Crippen LogP contribution is 2.26. The fourth-order valence-electron chi connectivity index (χ4n) is 2.37. The third-order valence-corrected chi connectivity index (χ3v) is 3.82. The smallest absolute Gasteiger partial charge is 0.125 e. The molecule has 2 aromatic rings. The quantitative estimate of drug-likeness (QED) is 0.921. The summed E-state index contributed by atoms with van der Waals surface area (Å²) in [4.78, 5) is 2.02. The summed E-state index contributed by atoms with van der Waals surface area (Å²) in [6.45, 7) is 4.66. The molecule has 0 aliphatic carbocycles. The molecule has 2 N–H and O–H groups in total. The summed E-state index contributed by atoms with van der Waals surface area (Å²) >= 11 is 0. The maximum absolute atomic E-state index is 13.4. The van der Waals surface area contributed by atoms with Crippen molar-refractivity contribution in [3.05, 3.63) is 65.0 Å². The Balaban J connectivity index is 2.33. The van der Waals surface area contributed by atoms with Gasteiger partial charge in [0.25, 0.3) is 0 Å². The van der Waals surface area contributed by atoms with Crippen LogP contribution < -0.4 is 10.6 Å². The molecule has 0 bridgehead atoms. The Morgan fingerprint density at radius 3 is 2.45 bits per heavy atom. The zero-order chi connectivity index (χ0) is 14.7. The normalized spacial score (nSPS) is 12.2. The van der Waals surface area contributed by atoms with Gasteiger partial charge in [-0.25, -0.2) is 4.39 Å². The lowest BCUT2D eigenvalue weighted by Crippen LogP contribution is -2.30. The molecule has 106 valence electrons. The van der Waals surface area contributed by atoms with E-state index in [2.05, 4.69) is 32.0 Å². The number of rotatable bonds is 4. The average Bonchev–Trinajstić information content (AvgIpc) is 2.43. The van der Waals surface area contributed by atoms with Crippen LogP contribution in [0.2, 0.25) is 0 Å². The van der Waals surface area contributed by atoms with Crippen molar-refractivity contribution in [2.24, 2.45) is 5.73 Å². The van der Waals surface area contributed by atoms with E-state index in [0.717, 1.165) is 11.3 Å². The number of nitrogens with zero attached hydrogens (tertiary/aromatic N) is 1. The second-order valence-corrected chi connectivity index (χ2v) is 5.19. The van der Waals surface area contributed by atoms with Gasteiger partial charge in [-0.15, -0.1) is 0 Å². The molecule has 0 fully saturated rings. The highest BCUT2D eigenvalue weighted by molar-refractivity contribution is 5.49. The summed E-state index contributed by atoms with van der Waals surface area (Å²) in [7, 11) is 1.95. The maximum atomic E-state index is 13.4. The SMILES string of the molecule is Cc1ccc(C(CN)N(C)c2cccc(F)c2)cc1C. The first kappa shape index (κ1) is 14.5. The zero-order valence-corrected chi connectivity index (χ0v) is 12.2. The molecule has 0 aliphatic heterocycles. The molecule has 1 atom stereocenters. The van der Waals surface area contributed by atoms with Crippen LogP contribution in [0.5, 0.6) is 0 Å². The van der Waals surface area contributed by atoms with Crippen molar-refractivity contribution in [3.63, 3.8) is 0 Å². The molecule has 0 aliphatic rings. The summed E-state index contributed by atoms with van der Waals surface area (Å²) in [6, 6.07) is 13.0. The fraction of sp³-hybridized carbons (Fsp3) is 0.294. The van der Waals surface area contributed by atoms with E-state index >= 15 is 0 Å². The first-order chi connectivity index (χ1) is 9.52. The molecule has 20 heavy (non-hydrogen) atoms. The van der Waals surface area contributed by atoms with E-state index in [1.54, 1.807) is 6.07 Å². The Labute approximate surface area is 120 Å². The highest BCUT2D eigenvalue weighted by Gasteiger charge is 2.16. The number of benzene rings is 2. The van der Waals surface area contributed by atoms with Crippen LogP contribution >= 0.6 is 0 Å². The number of nitrogens with two attached hydrogens (primary N) is 1. The van der Waals surface area contributed by atoms with Crippen molar-refractivity contribution in [2.45, 2.75) is 19.9 Å². The van der Waals surface area contributed by atoms with Crippen LogP contribution in [0.25, 0.3) is 0 Å². The van der Waals surface area contributed by atoms with Crippen LogP contribution in [-0.4, -0.2) is 13.6 Å². The van der Waals surface area contributed by atoms with Gasteiger partial charge < -0.3 is 10.6 Å². The minimum Gasteiger partial charge on any atom is -0.366 e. The monoisotopic (exact) mass is 272 g/mol. The summed E-state index contributed by atoms with van der Waals surface area (Å²) in [5.74, 6) is -0.231. The van der Waals surface area contributed by atoms with Crippen molar-refractivity contribution in [1.82, 2.24) is 0 Å². The van der Waals surface area contributed by atoms with Crippen LogP contribution in [0.4, 0.5) is 10.1 Å². The van der Waals surface area contributed by atoms with Gasteiger partial charge in [-0.3, -0.25) is 0 Å². The van der Waals surface area contributed by atoms with Gasteiger partial charge in [-0.05, 0) is 48.7 Å². The van der Waals surface area contributed by atoms with Crippen LogP contribution in [-0.2, 0) is 0 Å². The molecule has 2 nitrogen and oxygen atoms in total. The number of hydrogen-bond donors (Lipinski definition) is 1. The lowest BCUT2D eigenvalue weighted by Gasteiger charge is -2.30. The largest absolute Gasteiger partial charge is 0.366 e. The van der Waals surface area contributed by atoms with Crippen molar-refractivity contribution >= 4 is 5.69 Å². The number of aryl methyl sites for hydroxylation is 2. The molecule has 2 rings (SSSR count). The third kappa shape index (κ3) is 2.99. The summed E-state index contributed by atoms with van der Waals surface area (Å²) < 4.78 is 13.4. The third-order valence-electron chi connectivity index (χ3n) is 3.82. The van der Waals surface area contributed by atoms with Crippen LogP contribution in [0.3, 0.4) is 0 Å². The minimum absolute atomic E-state index is 0.0381. The van der Waals surface area contributed by atoms with Crippen LogP contribution in [0.1, 0.15) is 22.7 Å². The molecule has 0 radical (unpaired) electrons. The van der Waals surface area contributed by atoms with Gasteiger partial charge in [0.2, 0.25) is 0 Å². The van der Waals surface area contributed by atoms with Crippen molar-refractivity contribution in [1.29, 1.82) is 0 Å². The van der Waals surface area contributed by atoms with Crippen molar-refractivity contribution in [3.8, 4) is 0 Å². The highest BCUT2D eigenvalue weighted by atomic mass is 19.1. The Bertz CT molecular complexity index is 595. The van der Waals surface area contributed by atoms with Crippen molar-refractivity contribution in [2.75, 3.05) is 18.5 Å². The van der Waals surface area contributed by atoms with E-state index in [1.165, 1.54) is 23.3 Å². The van der Waals surface area contributed by atoms with Crippen molar-refractivity contribution < 1.29 is 4.39 Å². The summed E-state index contributed by atoms with van der Waals surface area (Å²) in [6.07, 6.45) is 0. The maximum Gasteiger partial charge on any atom is 0.125 e. The van der Waals surface area contributed by atoms with E-state index in [0.29, 0.717) is 6.54 Å². The van der Waals surface area contributed by atoms with E-state index < -0.39 is 0 Å². The van der Waals surface area contributed by atoms with E-state index in [4.69, 9.17) is 5.73 Å². The van der Waals surface area contributed by atoms with Gasteiger partial charge in [0, 0.05) is 19.3 Å². The standard InChI is InChI=1S/C17H21FN2/c1-12-7-8-14(9-13(12)2)17(11-19)20(3)16-6-4-5-15(18)10-16/h4-10,17H,11,19H2,1-3H3. The Morgan fingerprint density at radius 1 is 1.10 bits per heavy atom. The average molecular weight is 272 g/mol. The Hall–Kier alpha value is -1.87. The van der Waals surface area contributed by atoms with Gasteiger partial charge in [-0.2, -0.15) is 0 Å². The molecule has 0 heterocycles. The minimum atomic E-state index is -0.231. The lowest BCUT2D eigenvalue weighted by molar-refractivity contribution is 0.623. The molecule has 0 spiro atoms. The number of halogens is 1. The fourth-order valence-corrected chi connectivity index (χ4v) is 2.37.